The molecule has 2 nitrogen and oxygen atoms in total. The Kier molecular flexibility index (Phi) is 8.76. The van der Waals surface area contributed by atoms with Gasteiger partial charge >= 0.3 is 6.11 Å². The van der Waals surface area contributed by atoms with Crippen LogP contribution in [0.2, 0.25) is 0 Å². The molecule has 1 unspecified atom stereocenters. The van der Waals surface area contributed by atoms with Crippen LogP contribution in [0.3, 0.4) is 0 Å². The van der Waals surface area contributed by atoms with Crippen LogP contribution in [0, 0.1) is 29.4 Å². The van der Waals surface area contributed by atoms with Crippen LogP contribution in [0.5, 0.6) is 11.5 Å². The Labute approximate surface area is 190 Å². The first-order valence-electron chi connectivity index (χ1n) is 11.6. The maximum atomic E-state index is 14.7. The summed E-state index contributed by atoms with van der Waals surface area (Å²) in [7, 11) is 0. The first-order valence-corrected chi connectivity index (χ1v) is 11.6. The van der Waals surface area contributed by atoms with Gasteiger partial charge in [-0.3, -0.25) is 0 Å². The van der Waals surface area contributed by atoms with Gasteiger partial charge in [-0.1, -0.05) is 38.7 Å². The van der Waals surface area contributed by atoms with E-state index in [1.54, 1.807) is 0 Å². The van der Waals surface area contributed by atoms with Gasteiger partial charge in [0.15, 0.2) is 17.4 Å². The molecule has 0 heterocycles. The van der Waals surface area contributed by atoms with Crippen molar-refractivity contribution in [3.63, 3.8) is 0 Å². The van der Waals surface area contributed by atoms with E-state index in [9.17, 15) is 26.3 Å². The van der Waals surface area contributed by atoms with Crippen LogP contribution in [0.15, 0.2) is 36.1 Å². The van der Waals surface area contributed by atoms with E-state index in [1.165, 1.54) is 31.8 Å². The average Bonchev–Trinajstić information content (AvgIpc) is 2.76. The zero-order valence-corrected chi connectivity index (χ0v) is 18.6. The minimum atomic E-state index is -3.71. The zero-order valence-electron chi connectivity index (χ0n) is 18.6. The standard InChI is InChI=1S/C25H30F6O2/c1-2-3-16-4-6-17(7-5-16)18-8-10-19(11-9-18)25(30,31)33-20-14-21(26)24(22(27)15-20)32-13-12-23(28)29/h10,12-18,23H,2-9,11H2,1H3/b13-12+. The van der Waals surface area contributed by atoms with Crippen molar-refractivity contribution >= 4 is 0 Å². The number of halogens is 6. The monoisotopic (exact) mass is 476 g/mol. The number of alkyl halides is 4. The summed E-state index contributed by atoms with van der Waals surface area (Å²) in [5.74, 6) is -2.64. The minimum absolute atomic E-state index is 0.164. The quantitative estimate of drug-likeness (QED) is 0.202. The Morgan fingerprint density at radius 2 is 1.70 bits per heavy atom. The van der Waals surface area contributed by atoms with Crippen LogP contribution >= 0.6 is 0 Å². The molecule has 33 heavy (non-hydrogen) atoms. The van der Waals surface area contributed by atoms with Crippen molar-refractivity contribution in [1.29, 1.82) is 0 Å². The molecular weight excluding hydrogens is 446 g/mol. The second-order valence-corrected chi connectivity index (χ2v) is 8.95. The molecule has 2 aliphatic carbocycles. The second kappa shape index (κ2) is 11.3. The first-order chi connectivity index (χ1) is 15.7. The topological polar surface area (TPSA) is 18.5 Å². The molecule has 0 radical (unpaired) electrons. The van der Waals surface area contributed by atoms with E-state index >= 15 is 0 Å². The van der Waals surface area contributed by atoms with Gasteiger partial charge in [0.2, 0.25) is 0 Å². The van der Waals surface area contributed by atoms with E-state index in [0.29, 0.717) is 43.1 Å². The summed E-state index contributed by atoms with van der Waals surface area (Å²) in [5, 5.41) is 0. The Morgan fingerprint density at radius 3 is 2.24 bits per heavy atom. The normalized spacial score (nSPS) is 24.2. The second-order valence-electron chi connectivity index (χ2n) is 8.95. The third kappa shape index (κ3) is 6.93. The summed E-state index contributed by atoms with van der Waals surface area (Å²) in [6.45, 7) is 2.20. The molecule has 1 aromatic rings. The number of hydrogen-bond acceptors (Lipinski definition) is 2. The largest absolute Gasteiger partial charge is 0.459 e. The van der Waals surface area contributed by atoms with Crippen molar-refractivity contribution in [3.05, 3.63) is 47.8 Å². The van der Waals surface area contributed by atoms with Crippen molar-refractivity contribution in [2.24, 2.45) is 17.8 Å². The lowest BCUT2D eigenvalue weighted by Gasteiger charge is -2.36. The SMILES string of the molecule is CCCC1CCC(C2CC=C(C(F)(F)Oc3cc(F)c(O/C=C/C(F)F)c(F)c3)CC2)CC1. The number of hydrogen-bond donors (Lipinski definition) is 0. The average molecular weight is 477 g/mol. The molecule has 0 saturated heterocycles. The summed E-state index contributed by atoms with van der Waals surface area (Å²) in [4.78, 5) is 0. The smallest absolute Gasteiger partial charge is 0.422 e. The third-order valence-corrected chi connectivity index (χ3v) is 6.71. The van der Waals surface area contributed by atoms with E-state index in [-0.39, 0.29) is 18.1 Å². The molecule has 1 saturated carbocycles. The summed E-state index contributed by atoms with van der Waals surface area (Å²) >= 11 is 0. The highest BCUT2D eigenvalue weighted by atomic mass is 19.3. The third-order valence-electron chi connectivity index (χ3n) is 6.71. The highest BCUT2D eigenvalue weighted by Gasteiger charge is 2.40. The van der Waals surface area contributed by atoms with Gasteiger partial charge in [-0.25, -0.2) is 17.6 Å². The fraction of sp³-hybridized carbons (Fsp3) is 0.600. The van der Waals surface area contributed by atoms with E-state index in [4.69, 9.17) is 0 Å². The van der Waals surface area contributed by atoms with Crippen LogP contribution in [0.4, 0.5) is 26.3 Å². The summed E-state index contributed by atoms with van der Waals surface area (Å²) in [6, 6.07) is 1.09. The maximum Gasteiger partial charge on any atom is 0.422 e. The highest BCUT2D eigenvalue weighted by molar-refractivity contribution is 5.36. The lowest BCUT2D eigenvalue weighted by Crippen LogP contribution is -2.31. The minimum Gasteiger partial charge on any atom is -0.459 e. The van der Waals surface area contributed by atoms with E-state index < -0.39 is 35.7 Å². The molecule has 184 valence electrons. The van der Waals surface area contributed by atoms with Gasteiger partial charge in [0, 0.05) is 23.8 Å². The van der Waals surface area contributed by atoms with Gasteiger partial charge in [0.25, 0.3) is 6.43 Å². The van der Waals surface area contributed by atoms with Crippen LogP contribution < -0.4 is 9.47 Å². The summed E-state index contributed by atoms with van der Waals surface area (Å²) < 4.78 is 90.8. The van der Waals surface area contributed by atoms with Crippen LogP contribution in [0.25, 0.3) is 0 Å². The van der Waals surface area contributed by atoms with Crippen molar-refractivity contribution in [2.75, 3.05) is 0 Å². The Hall–Kier alpha value is -2.12. The van der Waals surface area contributed by atoms with Crippen LogP contribution in [0.1, 0.15) is 64.7 Å². The van der Waals surface area contributed by atoms with E-state index in [2.05, 4.69) is 16.4 Å². The molecule has 0 aliphatic heterocycles. The molecule has 2 aliphatic rings. The van der Waals surface area contributed by atoms with Gasteiger partial charge in [0.05, 0.1) is 6.26 Å². The van der Waals surface area contributed by atoms with Gasteiger partial charge in [-0.2, -0.15) is 8.78 Å². The van der Waals surface area contributed by atoms with Crippen molar-refractivity contribution in [3.8, 4) is 11.5 Å². The molecule has 0 bridgehead atoms. The molecule has 1 fully saturated rings. The van der Waals surface area contributed by atoms with Crippen LogP contribution in [-0.4, -0.2) is 12.5 Å². The number of rotatable bonds is 9. The van der Waals surface area contributed by atoms with Gasteiger partial charge in [0.1, 0.15) is 5.75 Å². The Bertz CT molecular complexity index is 820. The summed E-state index contributed by atoms with van der Waals surface area (Å²) in [6.07, 6.45) is 4.15. The van der Waals surface area contributed by atoms with Crippen molar-refractivity contribution in [2.45, 2.75) is 77.2 Å². The maximum absolute atomic E-state index is 14.7. The van der Waals surface area contributed by atoms with Crippen molar-refractivity contribution in [1.82, 2.24) is 0 Å². The molecule has 1 aromatic carbocycles. The molecular formula is C25H30F6O2. The predicted molar refractivity (Wildman–Crippen MR) is 113 cm³/mol. The zero-order chi connectivity index (χ0) is 24.0. The molecule has 0 amide bonds. The Morgan fingerprint density at radius 1 is 1.03 bits per heavy atom. The molecule has 8 heteroatoms. The molecule has 0 spiro atoms. The molecule has 1 atom stereocenters. The number of ether oxygens (including phenoxy) is 2. The summed E-state index contributed by atoms with van der Waals surface area (Å²) in [5.41, 5.74) is -0.195. The van der Waals surface area contributed by atoms with Gasteiger partial charge in [-0.05, 0) is 49.9 Å². The number of benzene rings is 1. The lowest BCUT2D eigenvalue weighted by atomic mass is 9.70. The van der Waals surface area contributed by atoms with Gasteiger partial charge in [-0.15, -0.1) is 0 Å². The highest BCUT2D eigenvalue weighted by Crippen LogP contribution is 2.43. The first kappa shape index (κ1) is 25.5. The number of allylic oxidation sites excluding steroid dienone is 2. The molecule has 0 N–H and O–H groups in total. The Balaban J connectivity index is 1.59. The van der Waals surface area contributed by atoms with E-state index in [1.807, 2.05) is 0 Å². The predicted octanol–water partition coefficient (Wildman–Crippen LogP) is 8.43. The van der Waals surface area contributed by atoms with Gasteiger partial charge < -0.3 is 9.47 Å². The lowest BCUT2D eigenvalue weighted by molar-refractivity contribution is -0.145. The van der Waals surface area contributed by atoms with E-state index in [0.717, 1.165) is 18.8 Å². The molecule has 3 rings (SSSR count). The van der Waals surface area contributed by atoms with Crippen molar-refractivity contribution < 1.29 is 35.8 Å². The fourth-order valence-corrected chi connectivity index (χ4v) is 4.99. The molecule has 0 aromatic heterocycles. The van der Waals surface area contributed by atoms with Crippen LogP contribution in [-0.2, 0) is 0 Å². The fourth-order valence-electron chi connectivity index (χ4n) is 4.99.